The van der Waals surface area contributed by atoms with Crippen LogP contribution in [0.3, 0.4) is 0 Å². The predicted octanol–water partition coefficient (Wildman–Crippen LogP) is 3.47. The average molecular weight is 282 g/mol. The molecule has 2 N–H and O–H groups in total. The van der Waals surface area contributed by atoms with Gasteiger partial charge in [-0.2, -0.15) is 0 Å². The smallest absolute Gasteiger partial charge is 0.326 e. The molecule has 2 aromatic rings. The monoisotopic (exact) mass is 282 g/mol. The number of amides is 2. The zero-order valence-electron chi connectivity index (χ0n) is 11.9. The molecule has 0 saturated heterocycles. The summed E-state index contributed by atoms with van der Waals surface area (Å²) in [6, 6.07) is 15.0. The van der Waals surface area contributed by atoms with E-state index < -0.39 is 6.10 Å². The van der Waals surface area contributed by atoms with Gasteiger partial charge < -0.3 is 10.4 Å². The molecule has 1 aliphatic heterocycles. The number of carbonyl (C=O) groups is 1. The van der Waals surface area contributed by atoms with Crippen molar-refractivity contribution in [3.63, 3.8) is 0 Å². The van der Waals surface area contributed by atoms with Gasteiger partial charge in [0.25, 0.3) is 0 Å². The van der Waals surface area contributed by atoms with E-state index in [2.05, 4.69) is 5.32 Å². The van der Waals surface area contributed by atoms with Gasteiger partial charge in [-0.25, -0.2) is 4.79 Å². The van der Waals surface area contributed by atoms with Gasteiger partial charge in [0.1, 0.15) is 0 Å². The molecule has 0 radical (unpaired) electrons. The third-order valence-electron chi connectivity index (χ3n) is 3.79. The van der Waals surface area contributed by atoms with Crippen molar-refractivity contribution in [2.24, 2.45) is 0 Å². The lowest BCUT2D eigenvalue weighted by Gasteiger charge is -2.33. The highest BCUT2D eigenvalue weighted by Crippen LogP contribution is 2.36. The van der Waals surface area contributed by atoms with Gasteiger partial charge in [0.05, 0.1) is 11.8 Å². The molecule has 4 heteroatoms. The number of aliphatic hydroxyl groups excluding tert-OH is 1. The summed E-state index contributed by atoms with van der Waals surface area (Å²) in [5, 5.41) is 13.0. The van der Waals surface area contributed by atoms with Crippen molar-refractivity contribution in [1.29, 1.82) is 0 Å². The molecule has 0 fully saturated rings. The second-order valence-electron chi connectivity index (χ2n) is 5.27. The Kier molecular flexibility index (Phi) is 3.62. The van der Waals surface area contributed by atoms with Gasteiger partial charge in [-0.1, -0.05) is 36.4 Å². The lowest BCUT2D eigenvalue weighted by atomic mass is 9.96. The van der Waals surface area contributed by atoms with Gasteiger partial charge in [-0.05, 0) is 31.0 Å². The van der Waals surface area contributed by atoms with Crippen molar-refractivity contribution in [1.82, 2.24) is 0 Å². The van der Waals surface area contributed by atoms with Gasteiger partial charge in [0.15, 0.2) is 0 Å². The number of para-hydroxylation sites is 2. The van der Waals surface area contributed by atoms with E-state index in [1.165, 1.54) is 0 Å². The van der Waals surface area contributed by atoms with Gasteiger partial charge in [-0.15, -0.1) is 0 Å². The minimum atomic E-state index is -0.499. The molecule has 1 aliphatic rings. The number of hydrogen-bond acceptors (Lipinski definition) is 2. The summed E-state index contributed by atoms with van der Waals surface area (Å²) < 4.78 is 0. The second-order valence-corrected chi connectivity index (χ2v) is 5.27. The molecule has 21 heavy (non-hydrogen) atoms. The van der Waals surface area contributed by atoms with Gasteiger partial charge in [0, 0.05) is 17.8 Å². The van der Waals surface area contributed by atoms with Crippen LogP contribution in [0.2, 0.25) is 0 Å². The number of fused-ring (bicyclic) bond motifs is 1. The highest BCUT2D eigenvalue weighted by atomic mass is 16.3. The number of hydrogen-bond donors (Lipinski definition) is 2. The largest absolute Gasteiger partial charge is 0.388 e. The molecular formula is C17H18N2O2. The van der Waals surface area contributed by atoms with E-state index in [1.807, 2.05) is 55.5 Å². The number of nitrogens with zero attached hydrogens (tertiary/aromatic N) is 1. The van der Waals surface area contributed by atoms with Crippen molar-refractivity contribution in [2.75, 3.05) is 16.8 Å². The molecule has 1 unspecified atom stereocenters. The van der Waals surface area contributed by atoms with Crippen LogP contribution in [0.5, 0.6) is 0 Å². The van der Waals surface area contributed by atoms with Crippen LogP contribution in [-0.2, 0) is 0 Å². The zero-order valence-corrected chi connectivity index (χ0v) is 11.9. The molecule has 0 spiro atoms. The molecule has 108 valence electrons. The molecule has 1 atom stereocenters. The lowest BCUT2D eigenvalue weighted by molar-refractivity contribution is 0.164. The number of anilines is 2. The predicted molar refractivity (Wildman–Crippen MR) is 83.6 cm³/mol. The topological polar surface area (TPSA) is 52.6 Å². The molecule has 0 bridgehead atoms. The summed E-state index contributed by atoms with van der Waals surface area (Å²) in [6.45, 7) is 2.47. The fraction of sp³-hybridized carbons (Fsp3) is 0.235. The Morgan fingerprint density at radius 3 is 2.71 bits per heavy atom. The molecule has 3 rings (SSSR count). The Morgan fingerprint density at radius 2 is 1.95 bits per heavy atom. The Balaban J connectivity index is 1.90. The van der Waals surface area contributed by atoms with Crippen molar-refractivity contribution < 1.29 is 9.90 Å². The van der Waals surface area contributed by atoms with Crippen LogP contribution >= 0.6 is 0 Å². The van der Waals surface area contributed by atoms with Gasteiger partial charge >= 0.3 is 6.03 Å². The molecule has 2 aromatic carbocycles. The van der Waals surface area contributed by atoms with Crippen LogP contribution in [-0.4, -0.2) is 17.7 Å². The SMILES string of the molecule is Cc1cccc2c1N(C(=O)Nc1ccccc1)CCC2O. The van der Waals surface area contributed by atoms with Crippen molar-refractivity contribution in [3.05, 3.63) is 59.7 Å². The van der Waals surface area contributed by atoms with Crippen LogP contribution in [0.1, 0.15) is 23.7 Å². The van der Waals surface area contributed by atoms with Crippen LogP contribution < -0.4 is 10.2 Å². The summed E-state index contributed by atoms with van der Waals surface area (Å²) in [7, 11) is 0. The Hall–Kier alpha value is -2.33. The first-order chi connectivity index (χ1) is 10.2. The molecule has 0 saturated carbocycles. The summed E-state index contributed by atoms with van der Waals surface area (Å²) in [5.41, 5.74) is 3.41. The third-order valence-corrected chi connectivity index (χ3v) is 3.79. The number of benzene rings is 2. The number of urea groups is 1. The quantitative estimate of drug-likeness (QED) is 0.841. The zero-order chi connectivity index (χ0) is 14.8. The maximum absolute atomic E-state index is 12.5. The number of nitrogens with one attached hydrogen (secondary N) is 1. The van der Waals surface area contributed by atoms with Crippen molar-refractivity contribution in [3.8, 4) is 0 Å². The standard InChI is InChI=1S/C17H18N2O2/c1-12-6-5-9-14-15(20)10-11-19(16(12)14)17(21)18-13-7-3-2-4-8-13/h2-9,15,20H,10-11H2,1H3,(H,18,21). The second kappa shape index (κ2) is 5.58. The van der Waals surface area contributed by atoms with Crippen LogP contribution in [0.4, 0.5) is 16.2 Å². The van der Waals surface area contributed by atoms with Gasteiger partial charge in [0.2, 0.25) is 0 Å². The third kappa shape index (κ3) is 2.62. The van der Waals surface area contributed by atoms with Crippen LogP contribution in [0, 0.1) is 6.92 Å². The fourth-order valence-electron chi connectivity index (χ4n) is 2.75. The lowest BCUT2D eigenvalue weighted by Crippen LogP contribution is -2.40. The highest BCUT2D eigenvalue weighted by Gasteiger charge is 2.28. The maximum atomic E-state index is 12.5. The van der Waals surface area contributed by atoms with E-state index in [-0.39, 0.29) is 6.03 Å². The fourth-order valence-corrected chi connectivity index (χ4v) is 2.75. The maximum Gasteiger partial charge on any atom is 0.326 e. The first-order valence-corrected chi connectivity index (χ1v) is 7.08. The minimum Gasteiger partial charge on any atom is -0.388 e. The highest BCUT2D eigenvalue weighted by molar-refractivity contribution is 6.03. The Morgan fingerprint density at radius 1 is 1.19 bits per heavy atom. The van der Waals surface area contributed by atoms with E-state index in [4.69, 9.17) is 0 Å². The van der Waals surface area contributed by atoms with E-state index in [0.29, 0.717) is 13.0 Å². The van der Waals surface area contributed by atoms with Crippen LogP contribution in [0.15, 0.2) is 48.5 Å². The van der Waals surface area contributed by atoms with Crippen molar-refractivity contribution >= 4 is 17.4 Å². The van der Waals surface area contributed by atoms with E-state index >= 15 is 0 Å². The van der Waals surface area contributed by atoms with E-state index in [1.54, 1.807) is 4.90 Å². The first-order valence-electron chi connectivity index (χ1n) is 7.08. The molecule has 4 nitrogen and oxygen atoms in total. The summed E-state index contributed by atoms with van der Waals surface area (Å²) >= 11 is 0. The van der Waals surface area contributed by atoms with Crippen molar-refractivity contribution in [2.45, 2.75) is 19.4 Å². The summed E-state index contributed by atoms with van der Waals surface area (Å²) in [6.07, 6.45) is 0.0549. The number of rotatable bonds is 1. The molecule has 1 heterocycles. The van der Waals surface area contributed by atoms with Gasteiger partial charge in [-0.3, -0.25) is 4.90 Å². The normalized spacial score (nSPS) is 17.2. The molecular weight excluding hydrogens is 264 g/mol. The average Bonchev–Trinajstić information content (AvgIpc) is 2.49. The number of aliphatic hydroxyl groups is 1. The minimum absolute atomic E-state index is 0.163. The molecule has 2 amide bonds. The molecule has 0 aromatic heterocycles. The summed E-state index contributed by atoms with van der Waals surface area (Å²) in [5.74, 6) is 0. The number of aryl methyl sites for hydroxylation is 1. The Labute approximate surface area is 124 Å². The summed E-state index contributed by atoms with van der Waals surface area (Å²) in [4.78, 5) is 14.2. The number of carbonyl (C=O) groups excluding carboxylic acids is 1. The van der Waals surface area contributed by atoms with E-state index in [9.17, 15) is 9.90 Å². The molecule has 0 aliphatic carbocycles. The Bertz CT molecular complexity index is 655. The van der Waals surface area contributed by atoms with Crippen LogP contribution in [0.25, 0.3) is 0 Å². The van der Waals surface area contributed by atoms with E-state index in [0.717, 1.165) is 22.5 Å². The first kappa shape index (κ1) is 13.6.